The number of nitrogen functional groups attached to an aromatic ring is 1. The van der Waals surface area contributed by atoms with Crippen LogP contribution in [0.3, 0.4) is 0 Å². The summed E-state index contributed by atoms with van der Waals surface area (Å²) in [6.45, 7) is 0.272. The van der Waals surface area contributed by atoms with Gasteiger partial charge in [0.05, 0.1) is 6.04 Å². The largest absolute Gasteiger partial charge is 0.491 e. The second kappa shape index (κ2) is 5.32. The van der Waals surface area contributed by atoms with E-state index in [2.05, 4.69) is 15.1 Å². The van der Waals surface area contributed by atoms with E-state index in [0.29, 0.717) is 11.6 Å². The lowest BCUT2D eigenvalue weighted by molar-refractivity contribution is 0.325. The monoisotopic (exact) mass is 306 g/mol. The zero-order valence-corrected chi connectivity index (χ0v) is 11.8. The molecule has 2 aromatic rings. The molecule has 1 aromatic heterocycles. The number of hydrogen-bond donors (Lipinski definition) is 3. The van der Waals surface area contributed by atoms with Crippen LogP contribution in [0.1, 0.15) is 11.6 Å². The van der Waals surface area contributed by atoms with Crippen LogP contribution in [-0.4, -0.2) is 20.0 Å². The third-order valence-electron chi connectivity index (χ3n) is 3.19. The maximum absolute atomic E-state index is 12.3. The van der Waals surface area contributed by atoms with Gasteiger partial charge in [-0.15, -0.1) is 0 Å². The number of anilines is 1. The van der Waals surface area contributed by atoms with Crippen molar-refractivity contribution in [3.8, 4) is 5.75 Å². The number of hydrogen-bond acceptors (Lipinski definition) is 6. The van der Waals surface area contributed by atoms with Crippen LogP contribution in [0, 0.1) is 0 Å². The molecule has 0 bridgehead atoms. The maximum Gasteiger partial charge on any atom is 0.242 e. The van der Waals surface area contributed by atoms with Crippen LogP contribution >= 0.6 is 0 Å². The van der Waals surface area contributed by atoms with E-state index in [4.69, 9.17) is 10.6 Å². The quantitative estimate of drug-likeness (QED) is 0.569. The Bertz CT molecular complexity index is 746. The molecule has 2 heterocycles. The van der Waals surface area contributed by atoms with Crippen LogP contribution in [-0.2, 0) is 10.0 Å². The van der Waals surface area contributed by atoms with Crippen molar-refractivity contribution in [2.45, 2.75) is 10.9 Å². The molecule has 1 aliphatic heterocycles. The normalized spacial score (nSPS) is 17.1. The van der Waals surface area contributed by atoms with Gasteiger partial charge in [0.15, 0.2) is 0 Å². The fourth-order valence-electron chi connectivity index (χ4n) is 2.14. The molecule has 0 aliphatic carbocycles. The summed E-state index contributed by atoms with van der Waals surface area (Å²) in [6, 6.07) is 9.87. The van der Waals surface area contributed by atoms with Gasteiger partial charge in [-0.1, -0.05) is 18.2 Å². The Labute approximate surface area is 122 Å². The fourth-order valence-corrected chi connectivity index (χ4v) is 3.28. The number of rotatable bonds is 4. The van der Waals surface area contributed by atoms with Crippen LogP contribution in [0.25, 0.3) is 0 Å². The summed E-state index contributed by atoms with van der Waals surface area (Å²) < 4.78 is 32.8. The fraction of sp³-hybridized carbons (Fsp3) is 0.154. The molecule has 0 spiro atoms. The lowest BCUT2D eigenvalue weighted by Crippen LogP contribution is -2.29. The zero-order valence-electron chi connectivity index (χ0n) is 11.0. The van der Waals surface area contributed by atoms with Gasteiger partial charge >= 0.3 is 0 Å². The number of ether oxygens (including phenoxy) is 1. The summed E-state index contributed by atoms with van der Waals surface area (Å²) in [5.74, 6) is 6.29. The van der Waals surface area contributed by atoms with Crippen LogP contribution in [0.4, 0.5) is 5.82 Å². The minimum Gasteiger partial charge on any atom is -0.491 e. The molecule has 0 amide bonds. The van der Waals surface area contributed by atoms with Crippen molar-refractivity contribution >= 4 is 15.8 Å². The van der Waals surface area contributed by atoms with Gasteiger partial charge < -0.3 is 10.2 Å². The number of nitrogens with zero attached hydrogens (tertiary/aromatic N) is 1. The maximum atomic E-state index is 12.3. The summed E-state index contributed by atoms with van der Waals surface area (Å²) in [5, 5.41) is 0. The molecule has 0 radical (unpaired) electrons. The first-order chi connectivity index (χ1) is 10.1. The highest BCUT2D eigenvalue weighted by atomic mass is 32.2. The first-order valence-electron chi connectivity index (χ1n) is 6.27. The van der Waals surface area contributed by atoms with E-state index in [0.717, 1.165) is 5.56 Å². The van der Waals surface area contributed by atoms with Gasteiger partial charge in [0.2, 0.25) is 10.0 Å². The average molecular weight is 306 g/mol. The van der Waals surface area contributed by atoms with Crippen molar-refractivity contribution in [1.29, 1.82) is 0 Å². The van der Waals surface area contributed by atoms with E-state index in [-0.39, 0.29) is 11.5 Å². The Balaban J connectivity index is 1.83. The Hall–Kier alpha value is -2.16. The number of sulfonamides is 1. The van der Waals surface area contributed by atoms with E-state index in [9.17, 15) is 8.42 Å². The molecule has 3 rings (SSSR count). The Morgan fingerprint density at radius 2 is 2.05 bits per heavy atom. The number of fused-ring (bicyclic) bond motifs is 1. The lowest BCUT2D eigenvalue weighted by atomic mass is 10.1. The minimum absolute atomic E-state index is 0.0749. The summed E-state index contributed by atoms with van der Waals surface area (Å²) in [4.78, 5) is 3.97. The Kier molecular flexibility index (Phi) is 3.50. The lowest BCUT2D eigenvalue weighted by Gasteiger charge is -2.12. The predicted molar refractivity (Wildman–Crippen MR) is 77.0 cm³/mol. The highest BCUT2D eigenvalue weighted by molar-refractivity contribution is 7.89. The number of pyridine rings is 1. The summed E-state index contributed by atoms with van der Waals surface area (Å²) in [5.41, 5.74) is 3.17. The number of nitrogens with two attached hydrogens (primary N) is 1. The Morgan fingerprint density at radius 1 is 1.24 bits per heavy atom. The van der Waals surface area contributed by atoms with Gasteiger partial charge in [-0.05, 0) is 18.2 Å². The smallest absolute Gasteiger partial charge is 0.242 e. The third-order valence-corrected chi connectivity index (χ3v) is 4.65. The van der Waals surface area contributed by atoms with Gasteiger partial charge in [0, 0.05) is 11.8 Å². The van der Waals surface area contributed by atoms with Crippen molar-refractivity contribution in [3.63, 3.8) is 0 Å². The molecule has 8 heteroatoms. The van der Waals surface area contributed by atoms with Crippen LogP contribution < -0.4 is 20.7 Å². The predicted octanol–water partition coefficient (Wildman–Crippen LogP) is 0.779. The second-order valence-electron chi connectivity index (χ2n) is 4.55. The number of nitrogens with one attached hydrogen (secondary N) is 2. The van der Waals surface area contributed by atoms with Crippen molar-refractivity contribution in [3.05, 3.63) is 48.2 Å². The second-order valence-corrected chi connectivity index (χ2v) is 6.26. The Morgan fingerprint density at radius 3 is 2.76 bits per heavy atom. The molecule has 0 saturated carbocycles. The van der Waals surface area contributed by atoms with E-state index in [1.165, 1.54) is 18.3 Å². The summed E-state index contributed by atoms with van der Waals surface area (Å²) >= 11 is 0. The highest BCUT2D eigenvalue weighted by Gasteiger charge is 2.28. The van der Waals surface area contributed by atoms with Crippen LogP contribution in [0.5, 0.6) is 5.75 Å². The molecule has 1 aliphatic rings. The minimum atomic E-state index is -3.67. The molecule has 0 fully saturated rings. The molecule has 0 saturated heterocycles. The van der Waals surface area contributed by atoms with Crippen molar-refractivity contribution in [1.82, 2.24) is 9.71 Å². The first-order valence-corrected chi connectivity index (χ1v) is 7.75. The van der Waals surface area contributed by atoms with Gasteiger partial charge in [-0.2, -0.15) is 0 Å². The van der Waals surface area contributed by atoms with Crippen molar-refractivity contribution in [2.24, 2.45) is 5.84 Å². The number of hydrazine groups is 1. The highest BCUT2D eigenvalue weighted by Crippen LogP contribution is 2.32. The molecular weight excluding hydrogens is 292 g/mol. The molecule has 1 unspecified atom stereocenters. The number of aromatic nitrogens is 1. The summed E-state index contributed by atoms with van der Waals surface area (Å²) in [6.07, 6.45) is 1.25. The van der Waals surface area contributed by atoms with Gasteiger partial charge in [-0.3, -0.25) is 0 Å². The van der Waals surface area contributed by atoms with E-state index >= 15 is 0 Å². The van der Waals surface area contributed by atoms with Crippen molar-refractivity contribution in [2.75, 3.05) is 12.0 Å². The van der Waals surface area contributed by atoms with E-state index in [1.807, 2.05) is 24.3 Å². The SMILES string of the molecule is NNc1ccc(S(=O)(=O)NC2COc3ccccc32)cn1. The van der Waals surface area contributed by atoms with Gasteiger partial charge in [0.1, 0.15) is 23.1 Å². The molecule has 110 valence electrons. The molecule has 1 atom stereocenters. The standard InChI is InChI=1S/C13H14N4O3S/c14-16-13-6-5-9(7-15-13)21(18,19)17-11-8-20-12-4-2-1-3-10(11)12/h1-7,11,17H,8,14H2,(H,15,16). The summed E-state index contributed by atoms with van der Waals surface area (Å²) in [7, 11) is -3.67. The third kappa shape index (κ3) is 2.68. The number of para-hydroxylation sites is 1. The zero-order chi connectivity index (χ0) is 14.9. The topological polar surface area (TPSA) is 106 Å². The van der Waals surface area contributed by atoms with Gasteiger partial charge in [0.25, 0.3) is 0 Å². The first kappa shape index (κ1) is 13.8. The molecule has 7 nitrogen and oxygen atoms in total. The van der Waals surface area contributed by atoms with Crippen molar-refractivity contribution < 1.29 is 13.2 Å². The van der Waals surface area contributed by atoms with Crippen LogP contribution in [0.15, 0.2) is 47.5 Å². The van der Waals surface area contributed by atoms with Crippen LogP contribution in [0.2, 0.25) is 0 Å². The molecule has 4 N–H and O–H groups in total. The van der Waals surface area contributed by atoms with E-state index in [1.54, 1.807) is 0 Å². The van der Waals surface area contributed by atoms with E-state index < -0.39 is 16.1 Å². The molecular formula is C13H14N4O3S. The number of benzene rings is 1. The van der Waals surface area contributed by atoms with Gasteiger partial charge in [-0.25, -0.2) is 24.0 Å². The average Bonchev–Trinajstić information content (AvgIpc) is 2.90. The molecule has 1 aromatic carbocycles. The molecule has 21 heavy (non-hydrogen) atoms.